The number of ether oxygens (including phenoxy) is 1. The van der Waals surface area contributed by atoms with Crippen LogP contribution < -0.4 is 10.5 Å². The lowest BCUT2D eigenvalue weighted by Gasteiger charge is -2.32. The Morgan fingerprint density at radius 2 is 2.00 bits per heavy atom. The number of rotatable bonds is 7. The van der Waals surface area contributed by atoms with Crippen LogP contribution in [0.3, 0.4) is 0 Å². The Morgan fingerprint density at radius 3 is 2.50 bits per heavy atom. The molecule has 0 fully saturated rings. The number of para-hydroxylation sites is 1. The van der Waals surface area contributed by atoms with Crippen LogP contribution in [0.15, 0.2) is 24.3 Å². The first-order chi connectivity index (χ1) is 8.56. The van der Waals surface area contributed by atoms with Gasteiger partial charge in [0.25, 0.3) is 0 Å². The van der Waals surface area contributed by atoms with Gasteiger partial charge in [0.2, 0.25) is 0 Å². The van der Waals surface area contributed by atoms with Gasteiger partial charge < -0.3 is 15.6 Å². The highest BCUT2D eigenvalue weighted by atomic mass is 16.5. The van der Waals surface area contributed by atoms with Gasteiger partial charge in [-0.15, -0.1) is 0 Å². The van der Waals surface area contributed by atoms with Crippen LogP contribution in [0.1, 0.15) is 25.8 Å². The van der Waals surface area contributed by atoms with Crippen LogP contribution in [-0.2, 0) is 6.42 Å². The molecule has 0 saturated heterocycles. The molecule has 0 aliphatic rings. The van der Waals surface area contributed by atoms with Gasteiger partial charge in [-0.25, -0.2) is 0 Å². The molecule has 1 rings (SSSR count). The smallest absolute Gasteiger partial charge is 0.122 e. The van der Waals surface area contributed by atoms with Crippen molar-refractivity contribution in [3.63, 3.8) is 0 Å². The molecule has 3 N–H and O–H groups in total. The van der Waals surface area contributed by atoms with Crippen molar-refractivity contribution >= 4 is 0 Å². The van der Waals surface area contributed by atoms with Crippen LogP contribution in [-0.4, -0.2) is 25.4 Å². The number of aliphatic hydroxyl groups is 1. The molecule has 0 aliphatic carbocycles. The Labute approximate surface area is 110 Å². The highest BCUT2D eigenvalue weighted by Gasteiger charge is 2.30. The fraction of sp³-hybridized carbons (Fsp3) is 0.600. The van der Waals surface area contributed by atoms with Crippen molar-refractivity contribution in [3.05, 3.63) is 29.8 Å². The third kappa shape index (κ3) is 3.72. The summed E-state index contributed by atoms with van der Waals surface area (Å²) in [6, 6.07) is 7.93. The average molecular weight is 251 g/mol. The Hall–Kier alpha value is -1.06. The standard InChI is InChI=1S/C15H25NO2/c1-12(2)8-15(10-16,11-17)9-13-6-4-5-7-14(13)18-3/h4-7,12,17H,8-11,16H2,1-3H3. The highest BCUT2D eigenvalue weighted by Crippen LogP contribution is 2.32. The van der Waals surface area contributed by atoms with Crippen LogP contribution in [0, 0.1) is 11.3 Å². The Balaban J connectivity index is 2.95. The van der Waals surface area contributed by atoms with Crippen LogP contribution >= 0.6 is 0 Å². The summed E-state index contributed by atoms with van der Waals surface area (Å²) in [5.74, 6) is 1.38. The topological polar surface area (TPSA) is 55.5 Å². The average Bonchev–Trinajstić information content (AvgIpc) is 2.38. The minimum atomic E-state index is -0.247. The summed E-state index contributed by atoms with van der Waals surface area (Å²) in [4.78, 5) is 0. The molecule has 0 saturated carbocycles. The van der Waals surface area contributed by atoms with E-state index >= 15 is 0 Å². The van der Waals surface area contributed by atoms with E-state index in [2.05, 4.69) is 13.8 Å². The Kier molecular flexibility index (Phi) is 5.63. The molecular formula is C15H25NO2. The number of methoxy groups -OCH3 is 1. The molecule has 0 aliphatic heterocycles. The first-order valence-corrected chi connectivity index (χ1v) is 6.49. The molecule has 1 aromatic rings. The van der Waals surface area contributed by atoms with E-state index in [0.29, 0.717) is 12.5 Å². The van der Waals surface area contributed by atoms with E-state index in [1.165, 1.54) is 0 Å². The van der Waals surface area contributed by atoms with Crippen molar-refractivity contribution in [2.75, 3.05) is 20.3 Å². The summed E-state index contributed by atoms with van der Waals surface area (Å²) >= 11 is 0. The predicted molar refractivity (Wildman–Crippen MR) is 74.7 cm³/mol. The number of hydrogen-bond acceptors (Lipinski definition) is 3. The van der Waals surface area contributed by atoms with Crippen LogP contribution in [0.4, 0.5) is 0 Å². The molecule has 0 aromatic heterocycles. The van der Waals surface area contributed by atoms with Gasteiger partial charge in [0.05, 0.1) is 13.7 Å². The molecule has 0 radical (unpaired) electrons. The van der Waals surface area contributed by atoms with E-state index in [9.17, 15) is 5.11 Å². The molecule has 3 nitrogen and oxygen atoms in total. The lowest BCUT2D eigenvalue weighted by molar-refractivity contribution is 0.107. The SMILES string of the molecule is COc1ccccc1CC(CN)(CO)CC(C)C. The third-order valence-electron chi connectivity index (χ3n) is 3.37. The number of aliphatic hydroxyl groups excluding tert-OH is 1. The molecule has 102 valence electrons. The fourth-order valence-corrected chi connectivity index (χ4v) is 2.53. The largest absolute Gasteiger partial charge is 0.496 e. The molecule has 0 spiro atoms. The minimum absolute atomic E-state index is 0.111. The Bertz CT molecular complexity index is 359. The van der Waals surface area contributed by atoms with Crippen molar-refractivity contribution in [1.82, 2.24) is 0 Å². The first-order valence-electron chi connectivity index (χ1n) is 6.49. The molecule has 0 bridgehead atoms. The van der Waals surface area contributed by atoms with E-state index in [4.69, 9.17) is 10.5 Å². The van der Waals surface area contributed by atoms with Gasteiger partial charge in [0.1, 0.15) is 5.75 Å². The predicted octanol–water partition coefficient (Wildman–Crippen LogP) is 2.22. The van der Waals surface area contributed by atoms with Crippen molar-refractivity contribution in [3.8, 4) is 5.75 Å². The summed E-state index contributed by atoms with van der Waals surface area (Å²) in [5, 5.41) is 9.73. The van der Waals surface area contributed by atoms with Crippen molar-refractivity contribution in [1.29, 1.82) is 0 Å². The lowest BCUT2D eigenvalue weighted by atomic mass is 9.76. The van der Waals surface area contributed by atoms with Gasteiger partial charge in [-0.2, -0.15) is 0 Å². The molecule has 0 heterocycles. The molecule has 1 aromatic carbocycles. The third-order valence-corrected chi connectivity index (χ3v) is 3.37. The van der Waals surface area contributed by atoms with Gasteiger partial charge in [0, 0.05) is 12.0 Å². The summed E-state index contributed by atoms with van der Waals surface area (Å²) in [5.41, 5.74) is 6.77. The zero-order valence-electron chi connectivity index (χ0n) is 11.6. The summed E-state index contributed by atoms with van der Waals surface area (Å²) in [6.07, 6.45) is 1.67. The highest BCUT2D eigenvalue weighted by molar-refractivity contribution is 5.34. The summed E-state index contributed by atoms with van der Waals surface area (Å²) < 4.78 is 5.36. The molecule has 0 amide bonds. The fourth-order valence-electron chi connectivity index (χ4n) is 2.53. The van der Waals surface area contributed by atoms with Gasteiger partial charge in [-0.05, 0) is 30.4 Å². The quantitative estimate of drug-likeness (QED) is 0.781. The van der Waals surface area contributed by atoms with Crippen molar-refractivity contribution in [2.24, 2.45) is 17.1 Å². The second kappa shape index (κ2) is 6.76. The lowest BCUT2D eigenvalue weighted by Crippen LogP contribution is -2.37. The Morgan fingerprint density at radius 1 is 1.33 bits per heavy atom. The van der Waals surface area contributed by atoms with E-state index < -0.39 is 0 Å². The second-order valence-electron chi connectivity index (χ2n) is 5.45. The van der Waals surface area contributed by atoms with E-state index in [1.807, 2.05) is 24.3 Å². The maximum Gasteiger partial charge on any atom is 0.122 e. The number of hydrogen-bond donors (Lipinski definition) is 2. The van der Waals surface area contributed by atoms with Crippen LogP contribution in [0.25, 0.3) is 0 Å². The molecule has 1 unspecified atom stereocenters. The van der Waals surface area contributed by atoms with Crippen molar-refractivity contribution in [2.45, 2.75) is 26.7 Å². The van der Waals surface area contributed by atoms with Gasteiger partial charge >= 0.3 is 0 Å². The molecule has 18 heavy (non-hydrogen) atoms. The zero-order chi connectivity index (χ0) is 13.6. The zero-order valence-corrected chi connectivity index (χ0v) is 11.6. The number of nitrogens with two attached hydrogens (primary N) is 1. The van der Waals surface area contributed by atoms with E-state index in [1.54, 1.807) is 7.11 Å². The maximum absolute atomic E-state index is 9.73. The minimum Gasteiger partial charge on any atom is -0.496 e. The first kappa shape index (κ1) is 15.0. The van der Waals surface area contributed by atoms with Gasteiger partial charge in [-0.1, -0.05) is 32.0 Å². The number of benzene rings is 1. The molecule has 1 atom stereocenters. The molecular weight excluding hydrogens is 226 g/mol. The van der Waals surface area contributed by atoms with Crippen LogP contribution in [0.2, 0.25) is 0 Å². The monoisotopic (exact) mass is 251 g/mol. The molecule has 3 heteroatoms. The van der Waals surface area contributed by atoms with Crippen molar-refractivity contribution < 1.29 is 9.84 Å². The summed E-state index contributed by atoms with van der Waals surface area (Å²) in [6.45, 7) is 4.91. The second-order valence-corrected chi connectivity index (χ2v) is 5.45. The summed E-state index contributed by atoms with van der Waals surface area (Å²) in [7, 11) is 1.67. The van der Waals surface area contributed by atoms with E-state index in [-0.39, 0.29) is 12.0 Å². The van der Waals surface area contributed by atoms with E-state index in [0.717, 1.165) is 24.2 Å². The van der Waals surface area contributed by atoms with Gasteiger partial charge in [0.15, 0.2) is 0 Å². The maximum atomic E-state index is 9.73. The normalized spacial score (nSPS) is 14.6. The van der Waals surface area contributed by atoms with Crippen LogP contribution in [0.5, 0.6) is 5.75 Å². The van der Waals surface area contributed by atoms with Gasteiger partial charge in [-0.3, -0.25) is 0 Å².